The summed E-state index contributed by atoms with van der Waals surface area (Å²) in [5.41, 5.74) is 0. The first kappa shape index (κ1) is 10.3. The maximum Gasteiger partial charge on any atom is 0.262 e. The van der Waals surface area contributed by atoms with Crippen molar-refractivity contribution in [1.29, 1.82) is 0 Å². The zero-order chi connectivity index (χ0) is 10.4. The second kappa shape index (κ2) is 5.06. The van der Waals surface area contributed by atoms with E-state index in [0.29, 0.717) is 24.1 Å². The van der Waals surface area contributed by atoms with E-state index in [1.54, 1.807) is 20.2 Å². The predicted octanol–water partition coefficient (Wildman–Crippen LogP) is 1.09. The predicted molar refractivity (Wildman–Crippen MR) is 53.8 cm³/mol. The normalized spacial score (nSPS) is 9.29. The fraction of sp³-hybridized carbons (Fsp3) is 0.333. The molecule has 76 valence electrons. The Labute approximate surface area is 82.8 Å². The van der Waals surface area contributed by atoms with Crippen LogP contribution in [-0.4, -0.2) is 30.7 Å². The lowest BCUT2D eigenvalue weighted by molar-refractivity contribution is 0.313. The second-order valence-electron chi connectivity index (χ2n) is 2.41. The van der Waals surface area contributed by atoms with Crippen molar-refractivity contribution in [2.75, 3.05) is 26.1 Å². The molecule has 0 saturated carbocycles. The molecule has 1 N–H and O–H groups in total. The number of rotatable bonds is 5. The van der Waals surface area contributed by atoms with Crippen molar-refractivity contribution >= 4 is 5.82 Å². The maximum absolute atomic E-state index is 5.29. The second-order valence-corrected chi connectivity index (χ2v) is 2.41. The average Bonchev–Trinajstić information content (AvgIpc) is 2.25. The molecule has 1 heterocycles. The van der Waals surface area contributed by atoms with Crippen molar-refractivity contribution in [3.8, 4) is 11.6 Å². The van der Waals surface area contributed by atoms with E-state index in [0.717, 1.165) is 0 Å². The van der Waals surface area contributed by atoms with Crippen LogP contribution in [0.4, 0.5) is 5.82 Å². The molecular weight excluding hydrogens is 182 g/mol. The van der Waals surface area contributed by atoms with E-state index in [-0.39, 0.29) is 0 Å². The van der Waals surface area contributed by atoms with E-state index >= 15 is 0 Å². The van der Waals surface area contributed by atoms with Gasteiger partial charge in [0.2, 0.25) is 5.75 Å². The minimum atomic E-state index is 0.385. The molecule has 1 aromatic rings. The third-order valence-corrected chi connectivity index (χ3v) is 1.55. The van der Waals surface area contributed by atoms with Gasteiger partial charge in [0.1, 0.15) is 12.9 Å². The summed E-state index contributed by atoms with van der Waals surface area (Å²) in [6.07, 6.45) is 3.05. The molecule has 5 nitrogen and oxygen atoms in total. The van der Waals surface area contributed by atoms with E-state index < -0.39 is 0 Å². The Balaban J connectivity index is 2.95. The molecule has 0 bridgehead atoms. The van der Waals surface area contributed by atoms with Gasteiger partial charge < -0.3 is 14.8 Å². The average molecular weight is 195 g/mol. The van der Waals surface area contributed by atoms with Crippen LogP contribution >= 0.6 is 0 Å². The summed E-state index contributed by atoms with van der Waals surface area (Å²) in [6.45, 7) is 3.93. The summed E-state index contributed by atoms with van der Waals surface area (Å²) in [6, 6.07) is 0. The molecule has 5 heteroatoms. The Hall–Kier alpha value is -1.78. The number of ether oxygens (including phenoxy) is 2. The molecule has 0 fully saturated rings. The highest BCUT2D eigenvalue weighted by Crippen LogP contribution is 2.30. The Morgan fingerprint density at radius 2 is 2.36 bits per heavy atom. The minimum Gasteiger partial charge on any atom is -0.489 e. The molecule has 0 spiro atoms. The van der Waals surface area contributed by atoms with E-state index in [4.69, 9.17) is 9.47 Å². The van der Waals surface area contributed by atoms with Gasteiger partial charge in [-0.2, -0.15) is 4.98 Å². The zero-order valence-electron chi connectivity index (χ0n) is 8.28. The summed E-state index contributed by atoms with van der Waals surface area (Å²) in [5, 5.41) is 2.88. The first-order valence-corrected chi connectivity index (χ1v) is 4.14. The first-order valence-electron chi connectivity index (χ1n) is 4.14. The van der Waals surface area contributed by atoms with Gasteiger partial charge in [0, 0.05) is 7.05 Å². The molecule has 0 aromatic carbocycles. The highest BCUT2D eigenvalue weighted by molar-refractivity contribution is 5.54. The van der Waals surface area contributed by atoms with Crippen LogP contribution in [0, 0.1) is 0 Å². The van der Waals surface area contributed by atoms with Crippen molar-refractivity contribution < 1.29 is 9.47 Å². The van der Waals surface area contributed by atoms with Crippen LogP contribution in [0.5, 0.6) is 11.6 Å². The van der Waals surface area contributed by atoms with E-state index in [9.17, 15) is 0 Å². The van der Waals surface area contributed by atoms with Gasteiger partial charge in [0.05, 0.1) is 7.11 Å². The van der Waals surface area contributed by atoms with E-state index in [1.165, 1.54) is 6.33 Å². The van der Waals surface area contributed by atoms with Crippen molar-refractivity contribution in [2.24, 2.45) is 0 Å². The number of methoxy groups -OCH3 is 1. The van der Waals surface area contributed by atoms with Crippen LogP contribution in [0.1, 0.15) is 0 Å². The number of nitrogens with one attached hydrogen (secondary N) is 1. The molecule has 0 aliphatic heterocycles. The standard InChI is InChI=1S/C9H13N3O2/c1-4-5-14-9-7(13-3)8(10-2)11-6-12-9/h4,6H,1,5H2,2-3H3,(H,10,11,12). The first-order chi connectivity index (χ1) is 6.83. The van der Waals surface area contributed by atoms with Gasteiger partial charge in [-0.25, -0.2) is 4.98 Å². The van der Waals surface area contributed by atoms with Gasteiger partial charge in [-0.15, -0.1) is 0 Å². The highest BCUT2D eigenvalue weighted by atomic mass is 16.5. The number of hydrogen-bond acceptors (Lipinski definition) is 5. The maximum atomic E-state index is 5.29. The molecule has 14 heavy (non-hydrogen) atoms. The summed E-state index contributed by atoms with van der Waals surface area (Å²) < 4.78 is 10.4. The number of anilines is 1. The van der Waals surface area contributed by atoms with Gasteiger partial charge in [-0.3, -0.25) is 0 Å². The summed E-state index contributed by atoms with van der Waals surface area (Å²) in [4.78, 5) is 7.93. The quantitative estimate of drug-likeness (QED) is 0.713. The Morgan fingerprint density at radius 1 is 1.57 bits per heavy atom. The van der Waals surface area contributed by atoms with E-state index in [2.05, 4.69) is 21.9 Å². The Kier molecular flexibility index (Phi) is 3.72. The van der Waals surface area contributed by atoms with Crippen LogP contribution in [-0.2, 0) is 0 Å². The molecule has 1 aromatic heterocycles. The number of hydrogen-bond donors (Lipinski definition) is 1. The topological polar surface area (TPSA) is 56.3 Å². The number of aromatic nitrogens is 2. The molecule has 0 atom stereocenters. The summed E-state index contributed by atoms with van der Waals surface area (Å²) in [5.74, 6) is 1.50. The fourth-order valence-electron chi connectivity index (χ4n) is 0.960. The highest BCUT2D eigenvalue weighted by Gasteiger charge is 2.11. The molecule has 1 rings (SSSR count). The SMILES string of the molecule is C=CCOc1ncnc(NC)c1OC. The summed E-state index contributed by atoms with van der Waals surface area (Å²) in [7, 11) is 3.29. The smallest absolute Gasteiger partial charge is 0.262 e. The van der Waals surface area contributed by atoms with Crippen molar-refractivity contribution in [3.05, 3.63) is 19.0 Å². The lowest BCUT2D eigenvalue weighted by atomic mass is 10.5. The minimum absolute atomic E-state index is 0.385. The lowest BCUT2D eigenvalue weighted by Gasteiger charge is -2.10. The van der Waals surface area contributed by atoms with Gasteiger partial charge in [-0.05, 0) is 0 Å². The monoisotopic (exact) mass is 195 g/mol. The van der Waals surface area contributed by atoms with Crippen molar-refractivity contribution in [1.82, 2.24) is 9.97 Å². The van der Waals surface area contributed by atoms with Crippen molar-refractivity contribution in [2.45, 2.75) is 0 Å². The Bertz CT molecular complexity index is 315. The molecule has 0 amide bonds. The zero-order valence-corrected chi connectivity index (χ0v) is 8.28. The van der Waals surface area contributed by atoms with Crippen LogP contribution in [0.3, 0.4) is 0 Å². The molecule has 0 aliphatic carbocycles. The van der Waals surface area contributed by atoms with E-state index in [1.807, 2.05) is 0 Å². The van der Waals surface area contributed by atoms with Gasteiger partial charge >= 0.3 is 0 Å². The van der Waals surface area contributed by atoms with Crippen molar-refractivity contribution in [3.63, 3.8) is 0 Å². The third kappa shape index (κ3) is 2.12. The van der Waals surface area contributed by atoms with Gasteiger partial charge in [0.25, 0.3) is 5.88 Å². The largest absolute Gasteiger partial charge is 0.489 e. The molecule has 0 aliphatic rings. The van der Waals surface area contributed by atoms with Crippen LogP contribution in [0.25, 0.3) is 0 Å². The van der Waals surface area contributed by atoms with Gasteiger partial charge in [0.15, 0.2) is 5.82 Å². The van der Waals surface area contributed by atoms with Crippen LogP contribution < -0.4 is 14.8 Å². The molecule has 0 radical (unpaired) electrons. The van der Waals surface area contributed by atoms with Gasteiger partial charge in [-0.1, -0.05) is 12.7 Å². The third-order valence-electron chi connectivity index (χ3n) is 1.55. The molecule has 0 saturated heterocycles. The lowest BCUT2D eigenvalue weighted by Crippen LogP contribution is -2.03. The fourth-order valence-corrected chi connectivity index (χ4v) is 0.960. The Morgan fingerprint density at radius 3 is 2.93 bits per heavy atom. The van der Waals surface area contributed by atoms with Crippen LogP contribution in [0.15, 0.2) is 19.0 Å². The number of nitrogens with zero attached hydrogens (tertiary/aromatic N) is 2. The summed E-state index contributed by atoms with van der Waals surface area (Å²) >= 11 is 0. The molecule has 0 unspecified atom stereocenters. The van der Waals surface area contributed by atoms with Crippen LogP contribution in [0.2, 0.25) is 0 Å². The molecular formula is C9H13N3O2.